The number of benzene rings is 1. The first-order valence-electron chi connectivity index (χ1n) is 7.07. The molecule has 2 rings (SSSR count). The summed E-state index contributed by atoms with van der Waals surface area (Å²) in [6.07, 6.45) is 1.21. The first-order valence-corrected chi connectivity index (χ1v) is 7.83. The lowest BCUT2D eigenvalue weighted by atomic mass is 9.99. The van der Waals surface area contributed by atoms with E-state index in [2.05, 4.69) is 10.1 Å². The molecule has 0 spiro atoms. The van der Waals surface area contributed by atoms with E-state index in [1.54, 1.807) is 11.0 Å². The Balaban J connectivity index is 1.86. The zero-order valence-corrected chi connectivity index (χ0v) is 13.8. The number of carbonyl (C=O) groups excluding carboxylic acids is 2. The number of hydrogen-bond acceptors (Lipinski definition) is 3. The topological polar surface area (TPSA) is 58.6 Å². The number of hydrogen-bond donors (Lipinski definition) is 1. The van der Waals surface area contributed by atoms with E-state index in [-0.39, 0.29) is 5.91 Å². The van der Waals surface area contributed by atoms with Gasteiger partial charge in [0.05, 0.1) is 7.11 Å². The lowest BCUT2D eigenvalue weighted by Gasteiger charge is -2.29. The fourth-order valence-electron chi connectivity index (χ4n) is 2.48. The zero-order chi connectivity index (χ0) is 16.1. The molecule has 0 atom stereocenters. The monoisotopic (exact) mass is 344 g/mol. The molecule has 0 radical (unpaired) electrons. The van der Waals surface area contributed by atoms with E-state index in [1.165, 1.54) is 7.11 Å². The van der Waals surface area contributed by atoms with Crippen LogP contribution >= 0.6 is 23.2 Å². The quantitative estimate of drug-likeness (QED) is 0.854. The third kappa shape index (κ3) is 4.27. The molecule has 0 aromatic heterocycles. The number of halogens is 2. The summed E-state index contributed by atoms with van der Waals surface area (Å²) >= 11 is 12.2. The van der Waals surface area contributed by atoms with Gasteiger partial charge in [-0.1, -0.05) is 23.2 Å². The molecule has 0 fully saturated rings. The number of ether oxygens (including phenoxy) is 1. The number of alkyl carbamates (subject to hydrolysis) is 1. The lowest BCUT2D eigenvalue weighted by Crippen LogP contribution is -2.36. The molecule has 0 aliphatic carbocycles. The van der Waals surface area contributed by atoms with Gasteiger partial charge in [-0.05, 0) is 36.1 Å². The summed E-state index contributed by atoms with van der Waals surface area (Å²) in [5, 5.41) is 3.80. The summed E-state index contributed by atoms with van der Waals surface area (Å²) < 4.78 is 4.46. The summed E-state index contributed by atoms with van der Waals surface area (Å²) in [6, 6.07) is 3.60. The number of nitrogens with zero attached hydrogens (tertiary/aromatic N) is 1. The molecule has 22 heavy (non-hydrogen) atoms. The minimum atomic E-state index is -0.483. The van der Waals surface area contributed by atoms with Crippen molar-refractivity contribution >= 4 is 35.2 Å². The zero-order valence-electron chi connectivity index (χ0n) is 12.3. The van der Waals surface area contributed by atoms with Crippen LogP contribution in [0.15, 0.2) is 12.1 Å². The molecule has 120 valence electrons. The molecule has 1 heterocycles. The van der Waals surface area contributed by atoms with Gasteiger partial charge in [0, 0.05) is 36.1 Å². The summed E-state index contributed by atoms with van der Waals surface area (Å²) in [6.45, 7) is 1.59. The Labute approximate surface area is 139 Å². The van der Waals surface area contributed by atoms with Crippen molar-refractivity contribution in [3.63, 3.8) is 0 Å². The van der Waals surface area contributed by atoms with Gasteiger partial charge in [-0.3, -0.25) is 4.79 Å². The van der Waals surface area contributed by atoms with E-state index < -0.39 is 6.09 Å². The molecule has 1 aliphatic heterocycles. The van der Waals surface area contributed by atoms with Crippen molar-refractivity contribution in [1.29, 1.82) is 0 Å². The molecular weight excluding hydrogens is 327 g/mol. The molecule has 0 bridgehead atoms. The van der Waals surface area contributed by atoms with E-state index in [1.807, 2.05) is 6.07 Å². The molecule has 0 saturated carbocycles. The Morgan fingerprint density at radius 2 is 2.14 bits per heavy atom. The Hall–Kier alpha value is -1.46. The van der Waals surface area contributed by atoms with E-state index >= 15 is 0 Å². The van der Waals surface area contributed by atoms with Crippen molar-refractivity contribution in [2.45, 2.75) is 25.8 Å². The molecule has 7 heteroatoms. The predicted octanol–water partition coefficient (Wildman–Crippen LogP) is 3.01. The van der Waals surface area contributed by atoms with Crippen LogP contribution in [0.5, 0.6) is 0 Å². The van der Waals surface area contributed by atoms with Crippen LogP contribution in [0.1, 0.15) is 24.0 Å². The molecule has 1 aromatic rings. The molecule has 2 amide bonds. The van der Waals surface area contributed by atoms with Crippen molar-refractivity contribution in [2.24, 2.45) is 0 Å². The minimum absolute atomic E-state index is 0.0633. The van der Waals surface area contributed by atoms with E-state index in [9.17, 15) is 9.59 Å². The Bertz CT molecular complexity index is 578. The van der Waals surface area contributed by atoms with Crippen LogP contribution in [-0.4, -0.2) is 37.1 Å². The summed E-state index contributed by atoms with van der Waals surface area (Å²) in [5.41, 5.74) is 2.08. The maximum absolute atomic E-state index is 12.2. The van der Waals surface area contributed by atoms with Crippen LogP contribution < -0.4 is 5.32 Å². The third-order valence-corrected chi connectivity index (χ3v) is 4.18. The number of amides is 2. The molecule has 1 N–H and O–H groups in total. The largest absolute Gasteiger partial charge is 0.453 e. The SMILES string of the molecule is COC(=O)NCCCC(=O)N1CCc2c(Cl)cc(Cl)cc2C1. The average molecular weight is 345 g/mol. The van der Waals surface area contributed by atoms with Gasteiger partial charge in [0.1, 0.15) is 0 Å². The fourth-order valence-corrected chi connectivity index (χ4v) is 3.11. The average Bonchev–Trinajstić information content (AvgIpc) is 2.50. The maximum Gasteiger partial charge on any atom is 0.406 e. The van der Waals surface area contributed by atoms with Crippen molar-refractivity contribution < 1.29 is 14.3 Å². The molecule has 5 nitrogen and oxygen atoms in total. The molecule has 1 aromatic carbocycles. The van der Waals surface area contributed by atoms with Gasteiger partial charge in [-0.15, -0.1) is 0 Å². The standard InChI is InChI=1S/C15H18Cl2N2O3/c1-22-15(21)18-5-2-3-14(20)19-6-4-12-10(9-19)7-11(16)8-13(12)17/h7-8H,2-6,9H2,1H3,(H,18,21). The van der Waals surface area contributed by atoms with Crippen molar-refractivity contribution in [3.05, 3.63) is 33.3 Å². The van der Waals surface area contributed by atoms with E-state index in [0.29, 0.717) is 42.5 Å². The van der Waals surface area contributed by atoms with Gasteiger partial charge < -0.3 is 15.0 Å². The van der Waals surface area contributed by atoms with Crippen LogP contribution in [0.2, 0.25) is 10.0 Å². The van der Waals surface area contributed by atoms with Crippen LogP contribution in [0, 0.1) is 0 Å². The Morgan fingerprint density at radius 1 is 1.36 bits per heavy atom. The number of rotatable bonds is 4. The van der Waals surface area contributed by atoms with Crippen molar-refractivity contribution in [3.8, 4) is 0 Å². The molecule has 1 aliphatic rings. The van der Waals surface area contributed by atoms with Crippen molar-refractivity contribution in [1.82, 2.24) is 10.2 Å². The van der Waals surface area contributed by atoms with Gasteiger partial charge in [0.2, 0.25) is 5.91 Å². The highest BCUT2D eigenvalue weighted by Crippen LogP contribution is 2.30. The summed E-state index contributed by atoms with van der Waals surface area (Å²) in [5.74, 6) is 0.0633. The molecular formula is C15H18Cl2N2O3. The van der Waals surface area contributed by atoms with Crippen molar-refractivity contribution in [2.75, 3.05) is 20.2 Å². The Kier molecular flexibility index (Phi) is 5.91. The maximum atomic E-state index is 12.2. The van der Waals surface area contributed by atoms with Gasteiger partial charge in [-0.25, -0.2) is 4.79 Å². The van der Waals surface area contributed by atoms with Crippen LogP contribution in [0.4, 0.5) is 4.79 Å². The van der Waals surface area contributed by atoms with Gasteiger partial charge in [0.25, 0.3) is 0 Å². The number of fused-ring (bicyclic) bond motifs is 1. The first-order chi connectivity index (χ1) is 10.5. The predicted molar refractivity (Wildman–Crippen MR) is 85.2 cm³/mol. The highest BCUT2D eigenvalue weighted by atomic mass is 35.5. The highest BCUT2D eigenvalue weighted by Gasteiger charge is 2.22. The van der Waals surface area contributed by atoms with E-state index in [0.717, 1.165) is 17.5 Å². The second-order valence-corrected chi connectivity index (χ2v) is 5.96. The fraction of sp³-hybridized carbons (Fsp3) is 0.467. The molecule has 0 unspecified atom stereocenters. The first kappa shape index (κ1) is 16.9. The third-order valence-electron chi connectivity index (χ3n) is 3.62. The molecule has 0 saturated heterocycles. The second kappa shape index (κ2) is 7.70. The smallest absolute Gasteiger partial charge is 0.406 e. The highest BCUT2D eigenvalue weighted by molar-refractivity contribution is 6.35. The number of carbonyl (C=O) groups is 2. The summed E-state index contributed by atoms with van der Waals surface area (Å²) in [7, 11) is 1.31. The second-order valence-electron chi connectivity index (χ2n) is 5.11. The van der Waals surface area contributed by atoms with Crippen LogP contribution in [-0.2, 0) is 22.5 Å². The normalized spacial score (nSPS) is 13.5. The van der Waals surface area contributed by atoms with E-state index in [4.69, 9.17) is 23.2 Å². The van der Waals surface area contributed by atoms with Gasteiger partial charge in [-0.2, -0.15) is 0 Å². The lowest BCUT2D eigenvalue weighted by molar-refractivity contribution is -0.132. The van der Waals surface area contributed by atoms with Gasteiger partial charge >= 0.3 is 6.09 Å². The van der Waals surface area contributed by atoms with Gasteiger partial charge in [0.15, 0.2) is 0 Å². The Morgan fingerprint density at radius 3 is 2.86 bits per heavy atom. The number of nitrogens with one attached hydrogen (secondary N) is 1. The minimum Gasteiger partial charge on any atom is -0.453 e. The van der Waals surface area contributed by atoms with Crippen LogP contribution in [0.3, 0.4) is 0 Å². The number of methoxy groups -OCH3 is 1. The van der Waals surface area contributed by atoms with Crippen LogP contribution in [0.25, 0.3) is 0 Å². The summed E-state index contributed by atoms with van der Waals surface area (Å²) in [4.78, 5) is 24.9.